The molecule has 2 N–H and O–H groups in total. The van der Waals surface area contributed by atoms with Gasteiger partial charge in [-0.05, 0) is 61.0 Å². The average molecular weight is 472 g/mol. The van der Waals surface area contributed by atoms with Crippen molar-refractivity contribution in [2.75, 3.05) is 22.0 Å². The molecule has 0 saturated heterocycles. The van der Waals surface area contributed by atoms with Crippen LogP contribution in [-0.2, 0) is 14.8 Å². The third kappa shape index (κ3) is 5.27. The average Bonchev–Trinajstić information content (AvgIpc) is 2.75. The van der Waals surface area contributed by atoms with E-state index in [4.69, 9.17) is 11.6 Å². The number of carbonyl (C=O) groups excluding carboxylic acids is 2. The van der Waals surface area contributed by atoms with E-state index < -0.39 is 15.9 Å². The van der Waals surface area contributed by atoms with Gasteiger partial charge in [0.1, 0.15) is 0 Å². The number of nitrogens with zero attached hydrogens (tertiary/aromatic N) is 1. The van der Waals surface area contributed by atoms with Crippen LogP contribution in [0.25, 0.3) is 0 Å². The molecule has 3 aromatic carbocycles. The fourth-order valence-corrected chi connectivity index (χ4v) is 4.44. The van der Waals surface area contributed by atoms with Crippen LogP contribution in [-0.4, -0.2) is 27.3 Å². The molecule has 0 fully saturated rings. The number of anilines is 3. The molecule has 0 saturated carbocycles. The van der Waals surface area contributed by atoms with Gasteiger partial charge in [0.25, 0.3) is 15.9 Å². The zero-order chi connectivity index (χ0) is 23.5. The Bertz CT molecular complexity index is 1290. The Hall–Kier alpha value is -3.36. The lowest BCUT2D eigenvalue weighted by molar-refractivity contribution is -0.114. The van der Waals surface area contributed by atoms with Crippen LogP contribution in [0.5, 0.6) is 0 Å². The molecule has 3 aromatic rings. The van der Waals surface area contributed by atoms with E-state index in [1.54, 1.807) is 36.4 Å². The van der Waals surface area contributed by atoms with Crippen LogP contribution in [0.1, 0.15) is 22.8 Å². The number of amides is 2. The van der Waals surface area contributed by atoms with Crippen molar-refractivity contribution in [3.8, 4) is 0 Å². The Labute approximate surface area is 192 Å². The minimum absolute atomic E-state index is 0.0426. The summed E-state index contributed by atoms with van der Waals surface area (Å²) in [4.78, 5) is 24.3. The smallest absolute Gasteiger partial charge is 0.264 e. The number of halogens is 1. The van der Waals surface area contributed by atoms with Gasteiger partial charge in [0.05, 0.1) is 22.0 Å². The molecule has 9 heteroatoms. The Morgan fingerprint density at radius 3 is 2.31 bits per heavy atom. The maximum absolute atomic E-state index is 13.1. The Balaban J connectivity index is 1.90. The van der Waals surface area contributed by atoms with Crippen molar-refractivity contribution in [1.29, 1.82) is 0 Å². The molecule has 166 valence electrons. The highest BCUT2D eigenvalue weighted by Gasteiger charge is 2.23. The number of hydrogen-bond acceptors (Lipinski definition) is 4. The fraction of sp³-hybridized carbons (Fsp3) is 0.130. The lowest BCUT2D eigenvalue weighted by atomic mass is 10.1. The van der Waals surface area contributed by atoms with Gasteiger partial charge < -0.3 is 10.6 Å². The molecule has 0 spiro atoms. The van der Waals surface area contributed by atoms with Crippen molar-refractivity contribution < 1.29 is 18.0 Å². The number of hydrogen-bond donors (Lipinski definition) is 2. The van der Waals surface area contributed by atoms with Crippen LogP contribution in [0.2, 0.25) is 5.02 Å². The number of benzene rings is 3. The highest BCUT2D eigenvalue weighted by atomic mass is 35.5. The zero-order valence-electron chi connectivity index (χ0n) is 17.7. The van der Waals surface area contributed by atoms with Crippen molar-refractivity contribution in [3.63, 3.8) is 0 Å². The largest absolute Gasteiger partial charge is 0.325 e. The van der Waals surface area contributed by atoms with Crippen LogP contribution in [0.3, 0.4) is 0 Å². The van der Waals surface area contributed by atoms with Crippen LogP contribution in [0.4, 0.5) is 17.1 Å². The quantitative estimate of drug-likeness (QED) is 0.545. The third-order valence-corrected chi connectivity index (χ3v) is 6.68. The monoisotopic (exact) mass is 471 g/mol. The molecule has 0 aliphatic heterocycles. The fourth-order valence-electron chi connectivity index (χ4n) is 3.02. The van der Waals surface area contributed by atoms with E-state index in [0.29, 0.717) is 22.1 Å². The van der Waals surface area contributed by atoms with E-state index in [-0.39, 0.29) is 16.4 Å². The molecular weight excluding hydrogens is 450 g/mol. The van der Waals surface area contributed by atoms with Gasteiger partial charge in [-0.15, -0.1) is 0 Å². The number of carbonyl (C=O) groups is 2. The van der Waals surface area contributed by atoms with E-state index in [1.165, 1.54) is 44.3 Å². The second-order valence-corrected chi connectivity index (χ2v) is 9.57. The molecule has 3 rings (SSSR count). The molecule has 2 amide bonds. The predicted molar refractivity (Wildman–Crippen MR) is 127 cm³/mol. The molecule has 0 aliphatic carbocycles. The number of aryl methyl sites for hydroxylation is 1. The van der Waals surface area contributed by atoms with E-state index in [2.05, 4.69) is 10.6 Å². The molecular formula is C23H22ClN3O4S. The van der Waals surface area contributed by atoms with Crippen LogP contribution >= 0.6 is 11.6 Å². The molecule has 0 bridgehead atoms. The summed E-state index contributed by atoms with van der Waals surface area (Å²) in [6.07, 6.45) is 0. The van der Waals surface area contributed by atoms with Gasteiger partial charge >= 0.3 is 0 Å². The zero-order valence-corrected chi connectivity index (χ0v) is 19.3. The van der Waals surface area contributed by atoms with Gasteiger partial charge in [-0.2, -0.15) is 0 Å². The summed E-state index contributed by atoms with van der Waals surface area (Å²) in [6.45, 7) is 3.22. The van der Waals surface area contributed by atoms with Gasteiger partial charge in [-0.25, -0.2) is 8.42 Å². The van der Waals surface area contributed by atoms with E-state index >= 15 is 0 Å². The first-order valence-electron chi connectivity index (χ1n) is 9.62. The van der Waals surface area contributed by atoms with Gasteiger partial charge in [0, 0.05) is 24.6 Å². The lowest BCUT2D eigenvalue weighted by Crippen LogP contribution is -2.27. The number of rotatable bonds is 6. The van der Waals surface area contributed by atoms with Crippen LogP contribution in [0.15, 0.2) is 71.6 Å². The highest BCUT2D eigenvalue weighted by Crippen LogP contribution is 2.26. The summed E-state index contributed by atoms with van der Waals surface area (Å²) in [5.41, 5.74) is 2.29. The molecule has 0 atom stereocenters. The maximum atomic E-state index is 13.1. The van der Waals surface area contributed by atoms with Crippen molar-refractivity contribution in [2.24, 2.45) is 0 Å². The van der Waals surface area contributed by atoms with Crippen LogP contribution in [0, 0.1) is 6.92 Å². The van der Waals surface area contributed by atoms with E-state index in [0.717, 1.165) is 9.87 Å². The normalized spacial score (nSPS) is 11.0. The van der Waals surface area contributed by atoms with Gasteiger partial charge in [-0.3, -0.25) is 13.9 Å². The summed E-state index contributed by atoms with van der Waals surface area (Å²) in [6, 6.07) is 17.4. The van der Waals surface area contributed by atoms with Crippen molar-refractivity contribution in [1.82, 2.24) is 0 Å². The standard InChI is InChI=1S/C23H22ClN3O4S/c1-15-10-11-21(25-16(2)28)22(12-15)26-23(29)17-6-4-9-20(13-17)32(30,31)27(3)19-8-5-7-18(24)14-19/h4-14H,1-3H3,(H,25,28)(H,26,29). The Morgan fingerprint density at radius 1 is 0.906 bits per heavy atom. The first kappa shape index (κ1) is 23.3. The topological polar surface area (TPSA) is 95.6 Å². The van der Waals surface area contributed by atoms with Gasteiger partial charge in [-0.1, -0.05) is 29.8 Å². The van der Waals surface area contributed by atoms with Gasteiger partial charge in [0.2, 0.25) is 5.91 Å². The van der Waals surface area contributed by atoms with Crippen molar-refractivity contribution >= 4 is 50.5 Å². The van der Waals surface area contributed by atoms with E-state index in [1.807, 2.05) is 6.92 Å². The second-order valence-electron chi connectivity index (χ2n) is 7.16. The SMILES string of the molecule is CC(=O)Nc1ccc(C)cc1NC(=O)c1cccc(S(=O)(=O)N(C)c2cccc(Cl)c2)c1. The van der Waals surface area contributed by atoms with Crippen LogP contribution < -0.4 is 14.9 Å². The minimum atomic E-state index is -3.93. The first-order valence-corrected chi connectivity index (χ1v) is 11.4. The minimum Gasteiger partial charge on any atom is -0.325 e. The third-order valence-electron chi connectivity index (χ3n) is 4.66. The lowest BCUT2D eigenvalue weighted by Gasteiger charge is -2.20. The predicted octanol–water partition coefficient (Wildman–Crippen LogP) is 4.68. The highest BCUT2D eigenvalue weighted by molar-refractivity contribution is 7.92. The molecule has 32 heavy (non-hydrogen) atoms. The Kier molecular flexibility index (Phi) is 6.86. The molecule has 0 aliphatic rings. The van der Waals surface area contributed by atoms with Gasteiger partial charge in [0.15, 0.2) is 0 Å². The summed E-state index contributed by atoms with van der Waals surface area (Å²) in [5, 5.41) is 5.81. The molecule has 7 nitrogen and oxygen atoms in total. The van der Waals surface area contributed by atoms with Crippen molar-refractivity contribution in [2.45, 2.75) is 18.7 Å². The number of nitrogens with one attached hydrogen (secondary N) is 2. The molecule has 0 unspecified atom stereocenters. The summed E-state index contributed by atoms with van der Waals surface area (Å²) < 4.78 is 27.3. The Morgan fingerprint density at radius 2 is 1.62 bits per heavy atom. The van der Waals surface area contributed by atoms with E-state index in [9.17, 15) is 18.0 Å². The summed E-state index contributed by atoms with van der Waals surface area (Å²) >= 11 is 5.98. The summed E-state index contributed by atoms with van der Waals surface area (Å²) in [5.74, 6) is -0.786. The molecule has 0 aromatic heterocycles. The summed E-state index contributed by atoms with van der Waals surface area (Å²) in [7, 11) is -2.51. The first-order chi connectivity index (χ1) is 15.1. The number of sulfonamides is 1. The molecule has 0 heterocycles. The molecule has 0 radical (unpaired) electrons. The van der Waals surface area contributed by atoms with Crippen molar-refractivity contribution in [3.05, 3.63) is 82.9 Å². The maximum Gasteiger partial charge on any atom is 0.264 e. The second kappa shape index (κ2) is 9.42.